The number of hydrogen-bond donors (Lipinski definition) is 0. The standard InChI is InChI=1S/C17H17N/c1-13-9-7-8-12-16(13)17(14(2)18-3)15-10-5-4-6-11-15/h4-12H,3H2,1-2H3/b17-14-. The first kappa shape index (κ1) is 12.3. The molecule has 0 unspecified atom stereocenters. The van der Waals surface area contributed by atoms with Gasteiger partial charge in [-0.3, -0.25) is 4.99 Å². The molecule has 0 fully saturated rings. The normalized spacial score (nSPS) is 11.9. The van der Waals surface area contributed by atoms with E-state index >= 15 is 0 Å². The molecular formula is C17H17N. The largest absolute Gasteiger partial charge is 0.269 e. The van der Waals surface area contributed by atoms with Crippen LogP contribution in [0.5, 0.6) is 0 Å². The summed E-state index contributed by atoms with van der Waals surface area (Å²) in [5, 5.41) is 0. The Balaban J connectivity index is 2.67. The average molecular weight is 235 g/mol. The molecule has 2 rings (SSSR count). The second kappa shape index (κ2) is 5.46. The number of benzene rings is 2. The molecule has 2 aromatic carbocycles. The summed E-state index contributed by atoms with van der Waals surface area (Å²) in [6, 6.07) is 18.7. The zero-order valence-electron chi connectivity index (χ0n) is 10.9. The first-order chi connectivity index (χ1) is 8.74. The third-order valence-corrected chi connectivity index (χ3v) is 3.08. The van der Waals surface area contributed by atoms with E-state index in [9.17, 15) is 0 Å². The fourth-order valence-corrected chi connectivity index (χ4v) is 2.10. The minimum atomic E-state index is 0.954. The Kier molecular flexibility index (Phi) is 3.73. The summed E-state index contributed by atoms with van der Waals surface area (Å²) in [6.45, 7) is 7.78. The van der Waals surface area contributed by atoms with Crippen LogP contribution in [-0.2, 0) is 0 Å². The van der Waals surface area contributed by atoms with Crippen LogP contribution in [0, 0.1) is 6.92 Å². The number of aryl methyl sites for hydroxylation is 1. The van der Waals surface area contributed by atoms with E-state index in [4.69, 9.17) is 0 Å². The Labute approximate surface area is 109 Å². The molecule has 1 nitrogen and oxygen atoms in total. The van der Waals surface area contributed by atoms with Gasteiger partial charge >= 0.3 is 0 Å². The molecule has 0 aromatic heterocycles. The van der Waals surface area contributed by atoms with Crippen molar-refractivity contribution in [3.8, 4) is 0 Å². The molecule has 0 saturated heterocycles. The lowest BCUT2D eigenvalue weighted by molar-refractivity contribution is 1.30. The van der Waals surface area contributed by atoms with Crippen molar-refractivity contribution in [3.05, 3.63) is 77.0 Å². The third-order valence-electron chi connectivity index (χ3n) is 3.08. The number of nitrogens with zero attached hydrogens (tertiary/aromatic N) is 1. The highest BCUT2D eigenvalue weighted by Crippen LogP contribution is 2.29. The quantitative estimate of drug-likeness (QED) is 0.696. The molecule has 0 aliphatic carbocycles. The molecule has 18 heavy (non-hydrogen) atoms. The van der Waals surface area contributed by atoms with Gasteiger partial charge in [-0.25, -0.2) is 0 Å². The molecule has 0 aliphatic rings. The summed E-state index contributed by atoms with van der Waals surface area (Å²) in [6.07, 6.45) is 0. The van der Waals surface area contributed by atoms with Crippen molar-refractivity contribution >= 4 is 12.3 Å². The number of rotatable bonds is 3. The van der Waals surface area contributed by atoms with Gasteiger partial charge in [-0.1, -0.05) is 54.6 Å². The summed E-state index contributed by atoms with van der Waals surface area (Å²) in [4.78, 5) is 4.11. The van der Waals surface area contributed by atoms with Gasteiger partial charge in [0.15, 0.2) is 0 Å². The molecule has 0 spiro atoms. The van der Waals surface area contributed by atoms with Crippen LogP contribution in [0.4, 0.5) is 0 Å². The molecule has 0 atom stereocenters. The monoisotopic (exact) mass is 235 g/mol. The van der Waals surface area contributed by atoms with Gasteiger partial charge in [0.1, 0.15) is 0 Å². The average Bonchev–Trinajstić information content (AvgIpc) is 2.42. The SMILES string of the molecule is C=N/C(C)=C(/c1ccccc1)c1ccccc1C. The van der Waals surface area contributed by atoms with Crippen LogP contribution < -0.4 is 0 Å². The van der Waals surface area contributed by atoms with Crippen molar-refractivity contribution in [2.45, 2.75) is 13.8 Å². The van der Waals surface area contributed by atoms with Crippen molar-refractivity contribution in [1.82, 2.24) is 0 Å². The highest BCUT2D eigenvalue weighted by molar-refractivity contribution is 5.83. The molecule has 2 aromatic rings. The van der Waals surface area contributed by atoms with E-state index in [1.807, 2.05) is 25.1 Å². The first-order valence-electron chi connectivity index (χ1n) is 6.03. The Morgan fingerprint density at radius 1 is 0.944 bits per heavy atom. The van der Waals surface area contributed by atoms with Gasteiger partial charge in [-0.2, -0.15) is 0 Å². The second-order valence-electron chi connectivity index (χ2n) is 4.30. The van der Waals surface area contributed by atoms with Crippen LogP contribution in [0.1, 0.15) is 23.6 Å². The van der Waals surface area contributed by atoms with E-state index in [0.717, 1.165) is 11.3 Å². The van der Waals surface area contributed by atoms with Crippen molar-refractivity contribution in [2.24, 2.45) is 4.99 Å². The molecule has 0 aliphatic heterocycles. The van der Waals surface area contributed by atoms with Crippen molar-refractivity contribution in [3.63, 3.8) is 0 Å². The maximum Gasteiger partial charge on any atom is 0.0449 e. The lowest BCUT2D eigenvalue weighted by atomic mass is 9.93. The Hall–Kier alpha value is -2.15. The highest BCUT2D eigenvalue weighted by Gasteiger charge is 2.10. The molecule has 0 radical (unpaired) electrons. The summed E-state index contributed by atoms with van der Waals surface area (Å²) < 4.78 is 0. The Bertz CT molecular complexity index is 580. The second-order valence-corrected chi connectivity index (χ2v) is 4.30. The van der Waals surface area contributed by atoms with Gasteiger partial charge in [0.05, 0.1) is 0 Å². The van der Waals surface area contributed by atoms with Gasteiger partial charge in [-0.05, 0) is 37.3 Å². The highest BCUT2D eigenvalue weighted by atomic mass is 14.7. The minimum Gasteiger partial charge on any atom is -0.269 e. The van der Waals surface area contributed by atoms with E-state index in [2.05, 4.69) is 55.0 Å². The predicted molar refractivity (Wildman–Crippen MR) is 78.9 cm³/mol. The van der Waals surface area contributed by atoms with Gasteiger partial charge in [-0.15, -0.1) is 0 Å². The van der Waals surface area contributed by atoms with Crippen LogP contribution >= 0.6 is 0 Å². The van der Waals surface area contributed by atoms with Crippen LogP contribution in [-0.4, -0.2) is 6.72 Å². The molecule has 0 heterocycles. The van der Waals surface area contributed by atoms with Gasteiger partial charge in [0.25, 0.3) is 0 Å². The zero-order chi connectivity index (χ0) is 13.0. The molecular weight excluding hydrogens is 218 g/mol. The van der Waals surface area contributed by atoms with Gasteiger partial charge in [0, 0.05) is 11.3 Å². The number of aliphatic imine (C=N–C) groups is 1. The predicted octanol–water partition coefficient (Wildman–Crippen LogP) is 4.47. The van der Waals surface area contributed by atoms with Crippen LogP contribution in [0.15, 0.2) is 65.3 Å². The van der Waals surface area contributed by atoms with Crippen molar-refractivity contribution in [1.29, 1.82) is 0 Å². The fraction of sp³-hybridized carbons (Fsp3) is 0.118. The molecule has 0 saturated carbocycles. The molecule has 1 heteroatoms. The van der Waals surface area contributed by atoms with Crippen LogP contribution in [0.2, 0.25) is 0 Å². The van der Waals surface area contributed by atoms with E-state index in [1.165, 1.54) is 16.7 Å². The summed E-state index contributed by atoms with van der Waals surface area (Å²) >= 11 is 0. The van der Waals surface area contributed by atoms with Crippen LogP contribution in [0.3, 0.4) is 0 Å². The first-order valence-corrected chi connectivity index (χ1v) is 6.03. The molecule has 90 valence electrons. The smallest absolute Gasteiger partial charge is 0.0449 e. The number of hydrogen-bond acceptors (Lipinski definition) is 1. The summed E-state index contributed by atoms with van der Waals surface area (Å²) in [5.41, 5.74) is 5.75. The Morgan fingerprint density at radius 3 is 2.17 bits per heavy atom. The summed E-state index contributed by atoms with van der Waals surface area (Å²) in [5.74, 6) is 0. The molecule has 0 N–H and O–H groups in total. The van der Waals surface area contributed by atoms with Gasteiger partial charge in [0.2, 0.25) is 0 Å². The van der Waals surface area contributed by atoms with E-state index in [-0.39, 0.29) is 0 Å². The van der Waals surface area contributed by atoms with Crippen LogP contribution in [0.25, 0.3) is 5.57 Å². The lowest BCUT2D eigenvalue weighted by Gasteiger charge is -2.13. The maximum absolute atomic E-state index is 4.11. The lowest BCUT2D eigenvalue weighted by Crippen LogP contribution is -1.93. The van der Waals surface area contributed by atoms with E-state index in [0.29, 0.717) is 0 Å². The maximum atomic E-state index is 4.11. The number of allylic oxidation sites excluding steroid dienone is 1. The minimum absolute atomic E-state index is 0.954. The van der Waals surface area contributed by atoms with Crippen molar-refractivity contribution < 1.29 is 0 Å². The van der Waals surface area contributed by atoms with E-state index in [1.54, 1.807) is 0 Å². The topological polar surface area (TPSA) is 12.4 Å². The van der Waals surface area contributed by atoms with Gasteiger partial charge < -0.3 is 0 Å². The molecule has 0 bridgehead atoms. The third kappa shape index (κ3) is 2.40. The Morgan fingerprint density at radius 2 is 1.56 bits per heavy atom. The van der Waals surface area contributed by atoms with E-state index < -0.39 is 0 Å². The van der Waals surface area contributed by atoms with Crippen molar-refractivity contribution in [2.75, 3.05) is 0 Å². The molecule has 0 amide bonds. The summed E-state index contributed by atoms with van der Waals surface area (Å²) in [7, 11) is 0. The fourth-order valence-electron chi connectivity index (χ4n) is 2.10. The zero-order valence-corrected chi connectivity index (χ0v) is 10.9.